The molecule has 0 saturated carbocycles. The summed E-state index contributed by atoms with van der Waals surface area (Å²) in [4.78, 5) is 56.0. The number of ether oxygens (including phenoxy) is 3. The van der Waals surface area contributed by atoms with E-state index in [1.807, 2.05) is 38.1 Å². The van der Waals surface area contributed by atoms with E-state index >= 15 is 0 Å². The van der Waals surface area contributed by atoms with Crippen molar-refractivity contribution in [1.82, 2.24) is 9.97 Å². The predicted molar refractivity (Wildman–Crippen MR) is 184 cm³/mol. The Labute approximate surface area is 296 Å². The van der Waals surface area contributed by atoms with Gasteiger partial charge in [0.25, 0.3) is 0 Å². The summed E-state index contributed by atoms with van der Waals surface area (Å²) >= 11 is 0. The first-order chi connectivity index (χ1) is 22.5. The minimum absolute atomic E-state index is 0. The van der Waals surface area contributed by atoms with Crippen LogP contribution in [0.3, 0.4) is 0 Å². The summed E-state index contributed by atoms with van der Waals surface area (Å²) in [7, 11) is 4.01. The quantitative estimate of drug-likeness (QED) is 0.187. The Morgan fingerprint density at radius 2 is 1.56 bits per heavy atom. The van der Waals surface area contributed by atoms with Crippen molar-refractivity contribution in [2.24, 2.45) is 0 Å². The van der Waals surface area contributed by atoms with Gasteiger partial charge in [-0.2, -0.15) is 0 Å². The van der Waals surface area contributed by atoms with Gasteiger partial charge in [-0.05, 0) is 57.4 Å². The molecule has 3 aromatic rings. The summed E-state index contributed by atoms with van der Waals surface area (Å²) < 4.78 is 15.4. The first kappa shape index (κ1) is 36.6. The molecular formula is C37H42MgN4O6+2. The third kappa shape index (κ3) is 6.58. The number of nitrogens with zero attached hydrogens (tertiary/aromatic N) is 2. The van der Waals surface area contributed by atoms with Crippen molar-refractivity contribution in [3.05, 3.63) is 75.4 Å². The van der Waals surface area contributed by atoms with Gasteiger partial charge in [0.15, 0.2) is 11.4 Å². The van der Waals surface area contributed by atoms with Crippen molar-refractivity contribution < 1.29 is 38.6 Å². The fraction of sp³-hybridized carbons (Fsp3) is 0.378. The van der Waals surface area contributed by atoms with Gasteiger partial charge in [-0.15, -0.1) is 22.1 Å². The monoisotopic (exact) mass is 662 g/mol. The molecular weight excluding hydrogens is 621 g/mol. The van der Waals surface area contributed by atoms with E-state index in [0.29, 0.717) is 34.3 Å². The summed E-state index contributed by atoms with van der Waals surface area (Å²) in [5.41, 5.74) is 11.3. The number of carbonyl (C=O) groups excluding carboxylic acids is 3. The van der Waals surface area contributed by atoms with Crippen molar-refractivity contribution in [2.75, 3.05) is 21.3 Å². The van der Waals surface area contributed by atoms with Crippen molar-refractivity contribution >= 4 is 80.2 Å². The molecule has 0 radical (unpaired) electrons. The number of hydrogen-bond donors (Lipinski definition) is 0. The summed E-state index contributed by atoms with van der Waals surface area (Å²) in [6.07, 6.45) is 3.02. The maximum Gasteiger partial charge on any atom is 2.00 e. The maximum absolute atomic E-state index is 13.4. The molecule has 0 aliphatic carbocycles. The first-order valence-corrected chi connectivity index (χ1v) is 15.8. The standard InChI is InChI=1S/C37H41N4O6.Mg/c1-10-22-18(3)26-15-28-20(5)24(12-13-32(42)45-7)35(40-28)25(14-33(43)46-8)36-34(37(44)47-9)21(6)29(41-36)17-31-23(11-2)19(4)27(39-31)16-30(22)38-26;/h10,15-17,20,24H,1,11-14H2,2-9H3,(H-,38,39,40,41,44);/q-1;+2/p+1/t20-,24-;/m0./s1. The molecule has 0 fully saturated rings. The van der Waals surface area contributed by atoms with Crippen molar-refractivity contribution in [1.29, 1.82) is 0 Å². The number of aryl methyl sites for hydroxylation is 2. The van der Waals surface area contributed by atoms with Gasteiger partial charge in [0.1, 0.15) is 0 Å². The van der Waals surface area contributed by atoms with Gasteiger partial charge >= 0.3 is 41.0 Å². The molecule has 8 bridgehead atoms. The molecule has 3 aromatic heterocycles. The molecule has 246 valence electrons. The number of hydrogen-bond acceptors (Lipinski definition) is 6. The minimum atomic E-state index is -0.563. The Bertz CT molecular complexity index is 2000. The van der Waals surface area contributed by atoms with E-state index in [0.717, 1.165) is 56.8 Å². The number of carbonyl (C=O) groups is 3. The maximum atomic E-state index is 13.4. The average molecular weight is 663 g/mol. The molecule has 2 aliphatic rings. The summed E-state index contributed by atoms with van der Waals surface area (Å²) in [5.74, 6) is -1.76. The molecule has 5 heterocycles. The number of nitrogens with one attached hydrogen (secondary N) is 2. The predicted octanol–water partition coefficient (Wildman–Crippen LogP) is 4.97. The van der Waals surface area contributed by atoms with E-state index < -0.39 is 11.9 Å². The molecule has 2 atom stereocenters. The first-order valence-electron chi connectivity index (χ1n) is 15.8. The molecule has 48 heavy (non-hydrogen) atoms. The van der Waals surface area contributed by atoms with Gasteiger partial charge < -0.3 is 24.2 Å². The van der Waals surface area contributed by atoms with Gasteiger partial charge in [0.05, 0.1) is 39.6 Å². The van der Waals surface area contributed by atoms with Crippen LogP contribution >= 0.6 is 0 Å². The fourth-order valence-corrected chi connectivity index (χ4v) is 6.80. The van der Waals surface area contributed by atoms with Gasteiger partial charge in [-0.3, -0.25) is 9.59 Å². The second-order valence-electron chi connectivity index (χ2n) is 12.0. The van der Waals surface area contributed by atoms with E-state index in [1.54, 1.807) is 0 Å². The molecule has 2 N–H and O–H groups in total. The largest absolute Gasteiger partial charge is 2.00 e. The minimum Gasteiger partial charge on any atom is -0.657 e. The van der Waals surface area contributed by atoms with Crippen molar-refractivity contribution in [3.63, 3.8) is 0 Å². The van der Waals surface area contributed by atoms with E-state index in [9.17, 15) is 14.4 Å². The zero-order chi connectivity index (χ0) is 34.2. The molecule has 2 aliphatic heterocycles. The van der Waals surface area contributed by atoms with Crippen LogP contribution in [0.1, 0.15) is 107 Å². The van der Waals surface area contributed by atoms with E-state index in [-0.39, 0.29) is 59.3 Å². The van der Waals surface area contributed by atoms with Crippen LogP contribution < -0.4 is 19.9 Å². The SMILES string of the molecule is C=Cc1c(C)c2cc3[nH+]c(c(CC(=O)OC)c4[n-]c(cc5[nH+]c(cc1[n-]2)C(C)=C5CC)c(C)c4C(=O)OC)[C@@H](CCC(=O)OC)[C@@H]3C.[Mg+2]. The third-order valence-corrected chi connectivity index (χ3v) is 9.58. The third-order valence-electron chi connectivity index (χ3n) is 9.58. The van der Waals surface area contributed by atoms with Crippen LogP contribution in [0.15, 0.2) is 24.8 Å². The van der Waals surface area contributed by atoms with Crippen LogP contribution in [-0.4, -0.2) is 62.3 Å². The number of esters is 3. The Morgan fingerprint density at radius 1 is 0.896 bits per heavy atom. The molecule has 5 rings (SSSR count). The van der Waals surface area contributed by atoms with Gasteiger partial charge in [0.2, 0.25) is 11.4 Å². The average Bonchev–Trinajstić information content (AvgIpc) is 3.74. The molecule has 0 aromatic carbocycles. The molecule has 0 spiro atoms. The Hall–Kier alpha value is -4.22. The fourth-order valence-electron chi connectivity index (χ4n) is 6.80. The number of methoxy groups -OCH3 is 3. The summed E-state index contributed by atoms with van der Waals surface area (Å²) in [6.45, 7) is 14.2. The number of aromatic nitrogens is 4. The van der Waals surface area contributed by atoms with Crippen LogP contribution in [0.25, 0.3) is 39.3 Å². The number of aromatic amines is 2. The number of fused-ring (bicyclic) bond motifs is 8. The summed E-state index contributed by atoms with van der Waals surface area (Å²) in [5, 5.41) is 0. The Kier molecular flexibility index (Phi) is 11.4. The van der Waals surface area contributed by atoms with Crippen LogP contribution in [0.2, 0.25) is 0 Å². The number of H-pyrrole nitrogens is 2. The van der Waals surface area contributed by atoms with Gasteiger partial charge in [-0.1, -0.05) is 37.6 Å². The van der Waals surface area contributed by atoms with Crippen LogP contribution in [-0.2, 0) is 30.2 Å². The van der Waals surface area contributed by atoms with Crippen LogP contribution in [0.4, 0.5) is 0 Å². The zero-order valence-corrected chi connectivity index (χ0v) is 30.5. The zero-order valence-electron chi connectivity index (χ0n) is 29.1. The van der Waals surface area contributed by atoms with E-state index in [2.05, 4.69) is 37.3 Å². The second kappa shape index (κ2) is 14.9. The molecule has 11 heteroatoms. The Balaban J connectivity index is 0.00000520. The smallest absolute Gasteiger partial charge is 0.657 e. The number of allylic oxidation sites excluding steroid dienone is 2. The second-order valence-corrected chi connectivity index (χ2v) is 12.0. The van der Waals surface area contributed by atoms with E-state index in [1.165, 1.54) is 21.3 Å². The van der Waals surface area contributed by atoms with E-state index in [4.69, 9.17) is 24.2 Å². The molecule has 0 amide bonds. The molecule has 0 unspecified atom stereocenters. The van der Waals surface area contributed by atoms with Crippen LogP contribution in [0.5, 0.6) is 0 Å². The molecule has 10 nitrogen and oxygen atoms in total. The van der Waals surface area contributed by atoms with Crippen molar-refractivity contribution in [3.8, 4) is 0 Å². The van der Waals surface area contributed by atoms with Gasteiger partial charge in [0, 0.05) is 28.7 Å². The van der Waals surface area contributed by atoms with Crippen molar-refractivity contribution in [2.45, 2.75) is 72.1 Å². The van der Waals surface area contributed by atoms with Crippen LogP contribution in [0, 0.1) is 13.8 Å². The Morgan fingerprint density at radius 3 is 2.19 bits per heavy atom. The number of rotatable bonds is 8. The summed E-state index contributed by atoms with van der Waals surface area (Å²) in [6, 6.07) is 6.00. The normalized spacial score (nSPS) is 15.5. The molecule has 0 saturated heterocycles. The van der Waals surface area contributed by atoms with Gasteiger partial charge in [-0.25, -0.2) is 14.8 Å². The topological polar surface area (TPSA) is 135 Å².